The average molecular weight is 658 g/mol. The molecule has 3 aliphatic heterocycles. The van der Waals surface area contributed by atoms with Gasteiger partial charge >= 0.3 is 12.1 Å². The number of carboxylic acids is 1. The lowest BCUT2D eigenvalue weighted by Gasteiger charge is -2.53. The van der Waals surface area contributed by atoms with Crippen molar-refractivity contribution in [2.24, 2.45) is 5.41 Å². The molecule has 0 bridgehead atoms. The van der Waals surface area contributed by atoms with Gasteiger partial charge in [0.15, 0.2) is 0 Å². The second-order valence-corrected chi connectivity index (χ2v) is 13.4. The Morgan fingerprint density at radius 2 is 1.64 bits per heavy atom. The van der Waals surface area contributed by atoms with Gasteiger partial charge in [0.05, 0.1) is 19.1 Å². The third kappa shape index (κ3) is 7.56. The molecule has 1 spiro atoms. The summed E-state index contributed by atoms with van der Waals surface area (Å²) in [6.45, 7) is 3.33. The van der Waals surface area contributed by atoms with Crippen LogP contribution in [0.1, 0.15) is 60.9 Å². The molecule has 6 rings (SSSR count). The summed E-state index contributed by atoms with van der Waals surface area (Å²) >= 11 is 0. The highest BCUT2D eigenvalue weighted by atomic mass is 19.4. The molecule has 0 radical (unpaired) electrons. The van der Waals surface area contributed by atoms with E-state index in [-0.39, 0.29) is 23.9 Å². The van der Waals surface area contributed by atoms with Gasteiger partial charge in [0.25, 0.3) is 0 Å². The maximum absolute atomic E-state index is 16.1. The number of nitrogens with zero attached hydrogens (tertiary/aromatic N) is 3. The number of rotatable bonds is 8. The molecule has 2 atom stereocenters. The summed E-state index contributed by atoms with van der Waals surface area (Å²) in [5, 5.41) is 9.12. The van der Waals surface area contributed by atoms with Gasteiger partial charge in [-0.2, -0.15) is 13.2 Å². The predicted molar refractivity (Wildman–Crippen MR) is 169 cm³/mol. The number of benzene rings is 3. The van der Waals surface area contributed by atoms with Gasteiger partial charge < -0.3 is 14.7 Å². The van der Waals surface area contributed by atoms with Gasteiger partial charge in [-0.3, -0.25) is 14.6 Å². The fraction of sp³-hybridized carbons (Fsp3) is 0.472. The van der Waals surface area contributed by atoms with Crippen LogP contribution in [0.2, 0.25) is 0 Å². The van der Waals surface area contributed by atoms with Crippen molar-refractivity contribution in [1.29, 1.82) is 0 Å². The molecular formula is C36H40F5N3O3. The number of carboxylic acid groups (broad SMARTS) is 1. The van der Waals surface area contributed by atoms with Crippen LogP contribution in [-0.2, 0) is 17.8 Å². The molecule has 2 saturated heterocycles. The smallest absolute Gasteiger partial charge is 0.401 e. The molecule has 11 heteroatoms. The summed E-state index contributed by atoms with van der Waals surface area (Å²) in [4.78, 5) is 16.1. The number of hydrogen-bond acceptors (Lipinski definition) is 5. The minimum Gasteiger partial charge on any atom is -0.489 e. The maximum atomic E-state index is 16.1. The van der Waals surface area contributed by atoms with Crippen molar-refractivity contribution in [1.82, 2.24) is 9.80 Å². The number of anilines is 1. The lowest BCUT2D eigenvalue weighted by atomic mass is 9.71. The molecule has 3 aromatic rings. The number of likely N-dealkylation sites (tertiary alicyclic amines) is 1. The third-order valence-electron chi connectivity index (χ3n) is 9.91. The van der Waals surface area contributed by atoms with E-state index < -0.39 is 42.4 Å². The maximum Gasteiger partial charge on any atom is 0.401 e. The Kier molecular flexibility index (Phi) is 9.49. The first-order valence-corrected chi connectivity index (χ1v) is 16.2. The fourth-order valence-corrected chi connectivity index (χ4v) is 7.72. The summed E-state index contributed by atoms with van der Waals surface area (Å²) in [7, 11) is 0. The van der Waals surface area contributed by atoms with Crippen molar-refractivity contribution < 1.29 is 36.6 Å². The number of hydrogen-bond donors (Lipinski definition) is 1. The van der Waals surface area contributed by atoms with Gasteiger partial charge in [0.2, 0.25) is 0 Å². The highest BCUT2D eigenvalue weighted by Crippen LogP contribution is 2.46. The normalized spacial score (nSPS) is 21.9. The van der Waals surface area contributed by atoms with Crippen molar-refractivity contribution in [2.45, 2.75) is 63.9 Å². The van der Waals surface area contributed by atoms with E-state index in [1.54, 1.807) is 25.1 Å². The second-order valence-electron chi connectivity index (χ2n) is 13.4. The quantitative estimate of drug-likeness (QED) is 0.259. The molecule has 0 aliphatic carbocycles. The Hall–Kier alpha value is -3.70. The second kappa shape index (κ2) is 13.4. The SMILES string of the molecule is C[C@@H]1Cc2cc(OCc3ccccc3)ccc2C(c2c(F)cc(N3CC4(CCCN(CC(=O)O)CCC4)C3)cc2F)N1CC(F)(F)F. The number of aliphatic carboxylic acids is 1. The Morgan fingerprint density at radius 1 is 0.979 bits per heavy atom. The topological polar surface area (TPSA) is 56.3 Å². The van der Waals surface area contributed by atoms with Crippen molar-refractivity contribution in [3.05, 3.63) is 94.6 Å². The Morgan fingerprint density at radius 3 is 2.26 bits per heavy atom. The molecule has 0 saturated carbocycles. The number of halogens is 5. The van der Waals surface area contributed by atoms with Gasteiger partial charge in [-0.05, 0) is 93.1 Å². The summed E-state index contributed by atoms with van der Waals surface area (Å²) in [6, 6.07) is 15.2. The summed E-state index contributed by atoms with van der Waals surface area (Å²) in [5.41, 5.74) is 2.08. The summed E-state index contributed by atoms with van der Waals surface area (Å²) in [6.07, 6.45) is -0.822. The van der Waals surface area contributed by atoms with Crippen LogP contribution in [0.4, 0.5) is 27.6 Å². The van der Waals surface area contributed by atoms with Crippen LogP contribution in [0.3, 0.4) is 0 Å². The van der Waals surface area contributed by atoms with E-state index in [4.69, 9.17) is 9.84 Å². The van der Waals surface area contributed by atoms with E-state index >= 15 is 8.78 Å². The van der Waals surface area contributed by atoms with Crippen molar-refractivity contribution >= 4 is 11.7 Å². The standard InChI is InChI=1S/C36H40F5N3O3/c1-24-15-26-16-28(47-20-25-7-3-2-4-8-25)9-10-29(26)34(44(24)23-36(39,40)41)33-30(37)17-27(18-31(33)38)43-21-35(22-43)11-5-13-42(14-6-12-35)19-32(45)46/h2-4,7-10,16-18,24,34H,5-6,11-15,19-23H2,1H3,(H,45,46)/t24-,34?/m1/s1. The highest BCUT2D eigenvalue weighted by molar-refractivity contribution is 5.69. The van der Waals surface area contributed by atoms with Crippen LogP contribution in [0, 0.1) is 17.0 Å². The van der Waals surface area contributed by atoms with Gasteiger partial charge in [-0.25, -0.2) is 8.78 Å². The number of carbonyl (C=O) groups is 1. The largest absolute Gasteiger partial charge is 0.489 e. The van der Waals surface area contributed by atoms with Gasteiger partial charge in [0, 0.05) is 35.8 Å². The molecule has 1 unspecified atom stereocenters. The summed E-state index contributed by atoms with van der Waals surface area (Å²) < 4.78 is 79.7. The molecule has 2 fully saturated rings. The van der Waals surface area contributed by atoms with Gasteiger partial charge in [0.1, 0.15) is 24.0 Å². The molecule has 0 aromatic heterocycles. The zero-order valence-electron chi connectivity index (χ0n) is 26.4. The van der Waals surface area contributed by atoms with Crippen LogP contribution < -0.4 is 9.64 Å². The number of ether oxygens (including phenoxy) is 1. The Labute approximate surface area is 271 Å². The van der Waals surface area contributed by atoms with E-state index in [0.29, 0.717) is 55.3 Å². The first-order valence-electron chi connectivity index (χ1n) is 16.2. The van der Waals surface area contributed by atoms with E-state index in [0.717, 1.165) is 36.1 Å². The van der Waals surface area contributed by atoms with E-state index in [2.05, 4.69) is 0 Å². The van der Waals surface area contributed by atoms with Crippen LogP contribution in [0.15, 0.2) is 60.7 Å². The van der Waals surface area contributed by atoms with Crippen LogP contribution in [-0.4, -0.2) is 72.4 Å². The van der Waals surface area contributed by atoms with E-state index in [1.165, 1.54) is 12.1 Å². The van der Waals surface area contributed by atoms with Crippen molar-refractivity contribution in [3.8, 4) is 5.75 Å². The molecule has 3 heterocycles. The first kappa shape index (κ1) is 33.2. The molecule has 3 aliphatic rings. The minimum absolute atomic E-state index is 0.00246. The minimum atomic E-state index is -4.57. The third-order valence-corrected chi connectivity index (χ3v) is 9.91. The van der Waals surface area contributed by atoms with Crippen molar-refractivity contribution in [3.63, 3.8) is 0 Å². The number of alkyl halides is 3. The van der Waals surface area contributed by atoms with Crippen LogP contribution >= 0.6 is 0 Å². The average Bonchev–Trinajstić information content (AvgIpc) is 2.97. The monoisotopic (exact) mass is 657 g/mol. The molecule has 0 amide bonds. The lowest BCUT2D eigenvalue weighted by Crippen LogP contribution is -2.57. The Balaban J connectivity index is 1.23. The predicted octanol–water partition coefficient (Wildman–Crippen LogP) is 7.21. The zero-order chi connectivity index (χ0) is 33.3. The molecule has 252 valence electrons. The van der Waals surface area contributed by atoms with E-state index in [1.807, 2.05) is 40.1 Å². The van der Waals surface area contributed by atoms with Gasteiger partial charge in [-0.1, -0.05) is 36.4 Å². The van der Waals surface area contributed by atoms with Crippen molar-refractivity contribution in [2.75, 3.05) is 44.2 Å². The summed E-state index contributed by atoms with van der Waals surface area (Å²) in [5.74, 6) is -2.04. The Bertz CT molecular complexity index is 1540. The molecule has 47 heavy (non-hydrogen) atoms. The molecule has 3 aromatic carbocycles. The zero-order valence-corrected chi connectivity index (χ0v) is 26.4. The fourth-order valence-electron chi connectivity index (χ4n) is 7.72. The first-order chi connectivity index (χ1) is 22.4. The molecule has 6 nitrogen and oxygen atoms in total. The highest BCUT2D eigenvalue weighted by Gasteiger charge is 2.45. The number of fused-ring (bicyclic) bond motifs is 1. The van der Waals surface area contributed by atoms with Crippen LogP contribution in [0.25, 0.3) is 0 Å². The molecule has 1 N–H and O–H groups in total. The molecular weight excluding hydrogens is 617 g/mol. The lowest BCUT2D eigenvalue weighted by molar-refractivity contribution is -0.155. The van der Waals surface area contributed by atoms with Gasteiger partial charge in [-0.15, -0.1) is 0 Å². The van der Waals surface area contributed by atoms with Crippen LogP contribution in [0.5, 0.6) is 5.75 Å². The van der Waals surface area contributed by atoms with E-state index in [9.17, 15) is 18.0 Å².